The number of aryl methyl sites for hydroxylation is 1. The van der Waals surface area contributed by atoms with Crippen LogP contribution in [0.1, 0.15) is 18.3 Å². The van der Waals surface area contributed by atoms with E-state index in [1.165, 1.54) is 11.0 Å². The second kappa shape index (κ2) is 10.4. The zero-order chi connectivity index (χ0) is 28.0. The molecule has 0 bridgehead atoms. The van der Waals surface area contributed by atoms with Gasteiger partial charge in [0.05, 0.1) is 34.8 Å². The molecule has 0 spiro atoms. The van der Waals surface area contributed by atoms with Crippen LogP contribution in [0.5, 0.6) is 11.8 Å². The minimum absolute atomic E-state index is 0.135. The Bertz CT molecular complexity index is 1750. The van der Waals surface area contributed by atoms with Crippen molar-refractivity contribution in [3.05, 3.63) is 71.7 Å². The molecule has 0 saturated carbocycles. The quantitative estimate of drug-likeness (QED) is 0.319. The number of hydrogen-bond acceptors (Lipinski definition) is 7. The largest absolute Gasteiger partial charge is 0.424 e. The van der Waals surface area contributed by atoms with Gasteiger partial charge in [0.15, 0.2) is 0 Å². The zero-order valence-corrected chi connectivity index (χ0v) is 22.0. The summed E-state index contributed by atoms with van der Waals surface area (Å²) in [4.78, 5) is 30.3. The third-order valence-corrected chi connectivity index (χ3v) is 7.40. The Balaban J connectivity index is 1.43. The van der Waals surface area contributed by atoms with Gasteiger partial charge in [-0.15, -0.1) is 0 Å². The van der Waals surface area contributed by atoms with Gasteiger partial charge < -0.3 is 19.3 Å². The van der Waals surface area contributed by atoms with Gasteiger partial charge in [0.25, 0.3) is 0 Å². The number of halogens is 3. The van der Waals surface area contributed by atoms with Crippen LogP contribution in [-0.2, 0) is 4.79 Å². The Morgan fingerprint density at radius 1 is 1.15 bits per heavy atom. The number of carbonyl (C=O) groups excluding carboxylic acids is 1. The van der Waals surface area contributed by atoms with Gasteiger partial charge in [-0.3, -0.25) is 9.78 Å². The fourth-order valence-corrected chi connectivity index (χ4v) is 5.53. The standard InChI is InChI=1S/C28H23ClF2N6O3/c1-15-35-24-12-34-23-11-21(30)18(17-4-3-16(9-20(17)29)40-28-32-6-2-7-33-28)10-19(23)27(24)37(15)25-5-8-36(13-22(25)31)26(39)14-38/h2-4,6-7,9-12,22,25,38H,5,8,13-14H2,1H3/t22-,25-/m0/s1. The van der Waals surface area contributed by atoms with Crippen molar-refractivity contribution in [1.82, 2.24) is 29.4 Å². The molecule has 9 nitrogen and oxygen atoms in total. The Hall–Kier alpha value is -4.22. The van der Waals surface area contributed by atoms with Crippen molar-refractivity contribution in [3.8, 4) is 22.9 Å². The Kier molecular flexibility index (Phi) is 6.77. The molecule has 0 radical (unpaired) electrons. The van der Waals surface area contributed by atoms with Crippen LogP contribution >= 0.6 is 11.6 Å². The molecule has 204 valence electrons. The van der Waals surface area contributed by atoms with Crippen LogP contribution in [0.4, 0.5) is 8.78 Å². The van der Waals surface area contributed by atoms with Gasteiger partial charge in [-0.2, -0.15) is 0 Å². The molecule has 1 fully saturated rings. The number of amides is 1. The summed E-state index contributed by atoms with van der Waals surface area (Å²) >= 11 is 6.58. The van der Waals surface area contributed by atoms with Gasteiger partial charge in [-0.25, -0.2) is 23.7 Å². The smallest absolute Gasteiger partial charge is 0.321 e. The maximum absolute atomic E-state index is 15.5. The molecule has 1 saturated heterocycles. The monoisotopic (exact) mass is 564 g/mol. The molecule has 4 heterocycles. The SMILES string of the molecule is Cc1nc2cnc3cc(F)c(-c4ccc(Oc5ncccn5)cc4Cl)cc3c2n1[C@H]1CCN(C(=O)CO)C[C@@H]1F. The molecule has 6 rings (SSSR count). The van der Waals surface area contributed by atoms with Crippen molar-refractivity contribution in [1.29, 1.82) is 0 Å². The van der Waals surface area contributed by atoms with E-state index in [2.05, 4.69) is 19.9 Å². The molecule has 0 unspecified atom stereocenters. The topological polar surface area (TPSA) is 106 Å². The number of ether oxygens (including phenoxy) is 1. The number of pyridine rings is 1. The van der Waals surface area contributed by atoms with Crippen LogP contribution in [0.15, 0.2) is 55.0 Å². The van der Waals surface area contributed by atoms with Gasteiger partial charge in [-0.05, 0) is 37.6 Å². The molecule has 40 heavy (non-hydrogen) atoms. The molecule has 1 aliphatic rings. The van der Waals surface area contributed by atoms with E-state index >= 15 is 8.78 Å². The van der Waals surface area contributed by atoms with Crippen molar-refractivity contribution in [3.63, 3.8) is 0 Å². The summed E-state index contributed by atoms with van der Waals surface area (Å²) in [6, 6.07) is 9.03. The summed E-state index contributed by atoms with van der Waals surface area (Å²) in [5, 5.41) is 10.0. The first-order valence-corrected chi connectivity index (χ1v) is 13.0. The second-order valence-corrected chi connectivity index (χ2v) is 9.92. The lowest BCUT2D eigenvalue weighted by molar-refractivity contribution is -0.137. The molecule has 2 aromatic carbocycles. The van der Waals surface area contributed by atoms with Crippen molar-refractivity contribution < 1.29 is 23.4 Å². The first-order valence-electron chi connectivity index (χ1n) is 12.6. The Morgan fingerprint density at radius 3 is 2.67 bits per heavy atom. The van der Waals surface area contributed by atoms with E-state index in [0.29, 0.717) is 52.0 Å². The number of imidazole rings is 1. The van der Waals surface area contributed by atoms with Crippen molar-refractivity contribution in [2.45, 2.75) is 25.6 Å². The third-order valence-electron chi connectivity index (χ3n) is 7.09. The molecule has 0 aliphatic carbocycles. The number of rotatable bonds is 5. The molecule has 2 atom stereocenters. The summed E-state index contributed by atoms with van der Waals surface area (Å²) in [5.41, 5.74) is 2.22. The minimum atomic E-state index is -1.39. The number of piperidine rings is 1. The fraction of sp³-hybridized carbons (Fsp3) is 0.250. The van der Waals surface area contributed by atoms with Gasteiger partial charge >= 0.3 is 6.01 Å². The number of benzene rings is 2. The van der Waals surface area contributed by atoms with E-state index < -0.39 is 30.5 Å². The van der Waals surface area contributed by atoms with Gasteiger partial charge in [0, 0.05) is 47.6 Å². The fourth-order valence-electron chi connectivity index (χ4n) is 5.26. The lowest BCUT2D eigenvalue weighted by Gasteiger charge is -2.35. The molecule has 1 amide bonds. The number of aliphatic hydroxyl groups is 1. The van der Waals surface area contributed by atoms with Crippen LogP contribution in [0.2, 0.25) is 5.02 Å². The lowest BCUT2D eigenvalue weighted by atomic mass is 10.00. The van der Waals surface area contributed by atoms with Crippen molar-refractivity contribution in [2.24, 2.45) is 0 Å². The predicted octanol–water partition coefficient (Wildman–Crippen LogP) is 5.04. The normalized spacial score (nSPS) is 17.5. The summed E-state index contributed by atoms with van der Waals surface area (Å²) in [6.07, 6.45) is 3.58. The van der Waals surface area contributed by atoms with Crippen LogP contribution in [0.25, 0.3) is 33.1 Å². The van der Waals surface area contributed by atoms with Crippen LogP contribution in [0, 0.1) is 12.7 Å². The first-order chi connectivity index (χ1) is 19.3. The maximum Gasteiger partial charge on any atom is 0.321 e. The highest BCUT2D eigenvalue weighted by Crippen LogP contribution is 2.38. The van der Waals surface area contributed by atoms with Gasteiger partial charge in [-0.1, -0.05) is 11.6 Å². The molecule has 12 heteroatoms. The number of aliphatic hydroxyl groups excluding tert-OH is 1. The van der Waals surface area contributed by atoms with Crippen molar-refractivity contribution >= 4 is 39.4 Å². The predicted molar refractivity (Wildman–Crippen MR) is 144 cm³/mol. The number of aromatic nitrogens is 5. The molecule has 3 aromatic heterocycles. The Labute approximate surface area is 232 Å². The number of likely N-dealkylation sites (tertiary alicyclic amines) is 1. The lowest BCUT2D eigenvalue weighted by Crippen LogP contribution is -2.46. The summed E-state index contributed by atoms with van der Waals surface area (Å²) in [7, 11) is 0. The van der Waals surface area contributed by atoms with E-state index in [4.69, 9.17) is 16.3 Å². The van der Waals surface area contributed by atoms with E-state index in [0.717, 1.165) is 0 Å². The number of carbonyl (C=O) groups is 1. The maximum atomic E-state index is 15.5. The van der Waals surface area contributed by atoms with Crippen LogP contribution in [0.3, 0.4) is 0 Å². The average Bonchev–Trinajstić information content (AvgIpc) is 3.29. The third kappa shape index (κ3) is 4.61. The summed E-state index contributed by atoms with van der Waals surface area (Å²) in [5.74, 6) is -0.0673. The average molecular weight is 565 g/mol. The zero-order valence-electron chi connectivity index (χ0n) is 21.3. The van der Waals surface area contributed by atoms with E-state index in [-0.39, 0.29) is 23.1 Å². The van der Waals surface area contributed by atoms with E-state index in [1.807, 2.05) is 4.57 Å². The molecule has 5 aromatic rings. The van der Waals surface area contributed by atoms with E-state index in [1.54, 1.807) is 55.8 Å². The number of alkyl halides is 1. The number of fused-ring (bicyclic) bond motifs is 3. The van der Waals surface area contributed by atoms with Gasteiger partial charge in [0.2, 0.25) is 5.91 Å². The highest BCUT2D eigenvalue weighted by atomic mass is 35.5. The minimum Gasteiger partial charge on any atom is -0.424 e. The van der Waals surface area contributed by atoms with Crippen molar-refractivity contribution in [2.75, 3.05) is 19.7 Å². The Morgan fingerprint density at radius 2 is 1.95 bits per heavy atom. The highest BCUT2D eigenvalue weighted by Gasteiger charge is 2.34. The van der Waals surface area contributed by atoms with Crippen LogP contribution in [-0.4, -0.2) is 66.3 Å². The summed E-state index contributed by atoms with van der Waals surface area (Å²) in [6.45, 7) is 1.28. The molecule has 1 aliphatic heterocycles. The number of hydrogen-bond donors (Lipinski definition) is 1. The number of nitrogens with zero attached hydrogens (tertiary/aromatic N) is 6. The van der Waals surface area contributed by atoms with E-state index in [9.17, 15) is 9.90 Å². The molecule has 1 N–H and O–H groups in total. The van der Waals surface area contributed by atoms with Gasteiger partial charge in [0.1, 0.15) is 35.7 Å². The first kappa shape index (κ1) is 26.0. The van der Waals surface area contributed by atoms with Crippen LogP contribution < -0.4 is 4.74 Å². The molecular weight excluding hydrogens is 542 g/mol. The summed E-state index contributed by atoms with van der Waals surface area (Å²) < 4.78 is 38.3. The highest BCUT2D eigenvalue weighted by molar-refractivity contribution is 6.33. The second-order valence-electron chi connectivity index (χ2n) is 9.52. The molecular formula is C28H23ClF2N6O3.